The van der Waals surface area contributed by atoms with Crippen molar-refractivity contribution in [2.24, 2.45) is 17.8 Å². The van der Waals surface area contributed by atoms with E-state index in [2.05, 4.69) is 18.4 Å². The third-order valence-corrected chi connectivity index (χ3v) is 6.86. The van der Waals surface area contributed by atoms with Crippen molar-refractivity contribution in [3.05, 3.63) is 12.2 Å². The number of hydrogen-bond donors (Lipinski definition) is 1. The Kier molecular flexibility index (Phi) is 5.69. The monoisotopic (exact) mass is 310 g/mol. The lowest BCUT2D eigenvalue weighted by Crippen LogP contribution is -2.32. The number of aliphatic hydroxyl groups is 1. The summed E-state index contributed by atoms with van der Waals surface area (Å²) in [4.78, 5) is 0. The zero-order valence-electron chi connectivity index (χ0n) is 13.2. The minimum atomic E-state index is -0.0154. The minimum Gasteiger partial charge on any atom is -0.393 e. The number of hydrogen-bond acceptors (Lipinski definition) is 3. The van der Waals surface area contributed by atoms with Crippen LogP contribution < -0.4 is 0 Å². The molecule has 3 heteroatoms. The quantitative estimate of drug-likeness (QED) is 0.798. The third-order valence-electron chi connectivity index (χ3n) is 5.83. The fourth-order valence-electron chi connectivity index (χ4n) is 4.44. The van der Waals surface area contributed by atoms with Crippen molar-refractivity contribution < 1.29 is 9.84 Å². The zero-order chi connectivity index (χ0) is 14.7. The fraction of sp³-hybridized carbons (Fsp3) is 0.889. The van der Waals surface area contributed by atoms with E-state index >= 15 is 0 Å². The Morgan fingerprint density at radius 2 is 1.76 bits per heavy atom. The van der Waals surface area contributed by atoms with Crippen LogP contribution in [0.2, 0.25) is 0 Å². The molecule has 2 saturated carbocycles. The van der Waals surface area contributed by atoms with Crippen LogP contribution in [0.3, 0.4) is 0 Å². The average Bonchev–Trinajstić information content (AvgIpc) is 2.53. The van der Waals surface area contributed by atoms with E-state index in [0.717, 1.165) is 37.2 Å². The van der Waals surface area contributed by atoms with E-state index < -0.39 is 0 Å². The van der Waals surface area contributed by atoms with Crippen molar-refractivity contribution in [3.8, 4) is 0 Å². The second-order valence-corrected chi connectivity index (χ2v) is 8.39. The molecule has 1 aliphatic heterocycles. The first-order chi connectivity index (χ1) is 10.2. The lowest BCUT2D eigenvalue weighted by molar-refractivity contribution is 0.0394. The molecule has 6 unspecified atom stereocenters. The first-order valence-electron chi connectivity index (χ1n) is 8.75. The Hall–Kier alpha value is 0.01000. The molecule has 0 amide bonds. The van der Waals surface area contributed by atoms with Crippen LogP contribution in [0.15, 0.2) is 12.2 Å². The molecular weight excluding hydrogens is 280 g/mol. The molecule has 3 fully saturated rings. The van der Waals surface area contributed by atoms with E-state index in [4.69, 9.17) is 4.74 Å². The Balaban J connectivity index is 1.45. The molecule has 0 aromatic rings. The maximum atomic E-state index is 9.80. The molecule has 2 aliphatic carbocycles. The molecule has 3 aliphatic rings. The first-order valence-corrected chi connectivity index (χ1v) is 10.0. The summed E-state index contributed by atoms with van der Waals surface area (Å²) in [5.74, 6) is 2.42. The van der Waals surface area contributed by atoms with Crippen LogP contribution in [0.1, 0.15) is 51.4 Å². The summed E-state index contributed by atoms with van der Waals surface area (Å²) in [5, 5.41) is 10.5. The predicted molar refractivity (Wildman–Crippen MR) is 89.6 cm³/mol. The van der Waals surface area contributed by atoms with Gasteiger partial charge >= 0.3 is 0 Å². The van der Waals surface area contributed by atoms with E-state index in [1.54, 1.807) is 0 Å². The predicted octanol–water partition coefficient (Wildman–Crippen LogP) is 4.03. The van der Waals surface area contributed by atoms with Crippen molar-refractivity contribution in [2.45, 2.75) is 68.8 Å². The van der Waals surface area contributed by atoms with Gasteiger partial charge < -0.3 is 9.84 Å². The number of rotatable bonds is 3. The Morgan fingerprint density at radius 1 is 0.952 bits per heavy atom. The van der Waals surface area contributed by atoms with Gasteiger partial charge in [-0.25, -0.2) is 0 Å². The lowest BCUT2D eigenvalue weighted by Gasteiger charge is -2.40. The van der Waals surface area contributed by atoms with Gasteiger partial charge in [-0.15, -0.1) is 0 Å². The van der Waals surface area contributed by atoms with Gasteiger partial charge in [0, 0.05) is 5.25 Å². The molecule has 120 valence electrons. The van der Waals surface area contributed by atoms with Gasteiger partial charge in [-0.1, -0.05) is 12.2 Å². The number of ether oxygens (including phenoxy) is 1. The molecule has 6 atom stereocenters. The molecule has 2 nitrogen and oxygen atoms in total. The largest absolute Gasteiger partial charge is 0.393 e. The highest BCUT2D eigenvalue weighted by Gasteiger charge is 2.34. The standard InChI is InChI=1S/C18H30O2S/c1-21-18-9-8-17(20-12-18)7-3-13-2-4-15-11-16(19)6-5-14(15)10-13/h3,7,13-19H,2,4-6,8-12H2,1H3/b7-3+. The van der Waals surface area contributed by atoms with Gasteiger partial charge in [-0.05, 0) is 75.4 Å². The van der Waals surface area contributed by atoms with Gasteiger partial charge in [0.25, 0.3) is 0 Å². The summed E-state index contributed by atoms with van der Waals surface area (Å²) < 4.78 is 5.95. The Labute approximate surface area is 133 Å². The second kappa shape index (κ2) is 7.52. The summed E-state index contributed by atoms with van der Waals surface area (Å²) >= 11 is 1.94. The number of allylic oxidation sites excluding steroid dienone is 1. The van der Waals surface area contributed by atoms with Gasteiger partial charge in [-0.2, -0.15) is 11.8 Å². The second-order valence-electron chi connectivity index (χ2n) is 7.25. The smallest absolute Gasteiger partial charge is 0.0756 e. The van der Waals surface area contributed by atoms with Crippen LogP contribution in [0.4, 0.5) is 0 Å². The highest BCUT2D eigenvalue weighted by molar-refractivity contribution is 7.99. The highest BCUT2D eigenvalue weighted by atomic mass is 32.2. The van der Waals surface area contributed by atoms with E-state index in [1.807, 2.05) is 11.8 Å². The maximum Gasteiger partial charge on any atom is 0.0756 e. The molecule has 21 heavy (non-hydrogen) atoms. The lowest BCUT2D eigenvalue weighted by atomic mass is 9.67. The van der Waals surface area contributed by atoms with Crippen molar-refractivity contribution in [1.29, 1.82) is 0 Å². The van der Waals surface area contributed by atoms with Gasteiger partial charge in [-0.3, -0.25) is 0 Å². The van der Waals surface area contributed by atoms with Crippen LogP contribution >= 0.6 is 11.8 Å². The molecule has 3 rings (SSSR count). The van der Waals surface area contributed by atoms with Crippen LogP contribution in [0.5, 0.6) is 0 Å². The molecule has 0 aromatic heterocycles. The van der Waals surface area contributed by atoms with Crippen molar-refractivity contribution >= 4 is 11.8 Å². The Morgan fingerprint density at radius 3 is 2.52 bits per heavy atom. The summed E-state index contributed by atoms with van der Waals surface area (Å²) in [6.07, 6.45) is 17.1. The molecule has 0 spiro atoms. The normalized spacial score (nSPS) is 44.7. The Bertz CT molecular complexity index is 349. The summed E-state index contributed by atoms with van der Waals surface area (Å²) in [5.41, 5.74) is 0. The van der Waals surface area contributed by atoms with Crippen molar-refractivity contribution in [1.82, 2.24) is 0 Å². The van der Waals surface area contributed by atoms with E-state index in [1.165, 1.54) is 38.5 Å². The van der Waals surface area contributed by atoms with Crippen LogP contribution in [-0.2, 0) is 4.74 Å². The maximum absolute atomic E-state index is 9.80. The summed E-state index contributed by atoms with van der Waals surface area (Å²) in [6, 6.07) is 0. The summed E-state index contributed by atoms with van der Waals surface area (Å²) in [7, 11) is 0. The molecular formula is C18H30O2S. The molecule has 1 N–H and O–H groups in total. The van der Waals surface area contributed by atoms with Crippen LogP contribution in [-0.4, -0.2) is 35.4 Å². The number of fused-ring (bicyclic) bond motifs is 1. The average molecular weight is 311 g/mol. The first kappa shape index (κ1) is 15.9. The van der Waals surface area contributed by atoms with Gasteiger partial charge in [0.2, 0.25) is 0 Å². The molecule has 1 heterocycles. The minimum absolute atomic E-state index is 0.0154. The topological polar surface area (TPSA) is 29.5 Å². The molecule has 1 saturated heterocycles. The van der Waals surface area contributed by atoms with E-state index in [0.29, 0.717) is 11.4 Å². The zero-order valence-corrected chi connectivity index (χ0v) is 14.1. The number of aliphatic hydroxyl groups excluding tert-OH is 1. The van der Waals surface area contributed by atoms with Crippen LogP contribution in [0.25, 0.3) is 0 Å². The molecule has 0 aromatic carbocycles. The SMILES string of the molecule is CSC1CCC(/C=C/C2CCC3CC(O)CCC3C2)OC1. The van der Waals surface area contributed by atoms with Gasteiger partial charge in [0.05, 0.1) is 18.8 Å². The van der Waals surface area contributed by atoms with E-state index in [9.17, 15) is 5.11 Å². The fourth-order valence-corrected chi connectivity index (χ4v) is 5.03. The van der Waals surface area contributed by atoms with Crippen molar-refractivity contribution in [3.63, 3.8) is 0 Å². The highest BCUT2D eigenvalue weighted by Crippen LogP contribution is 2.43. The molecule has 0 bridgehead atoms. The van der Waals surface area contributed by atoms with E-state index in [-0.39, 0.29) is 6.10 Å². The molecule has 0 radical (unpaired) electrons. The third kappa shape index (κ3) is 4.27. The summed E-state index contributed by atoms with van der Waals surface area (Å²) in [6.45, 7) is 0.920. The van der Waals surface area contributed by atoms with Crippen LogP contribution in [0, 0.1) is 17.8 Å². The van der Waals surface area contributed by atoms with Gasteiger partial charge in [0.15, 0.2) is 0 Å². The van der Waals surface area contributed by atoms with Gasteiger partial charge in [0.1, 0.15) is 0 Å². The number of thioether (sulfide) groups is 1. The van der Waals surface area contributed by atoms with Crippen molar-refractivity contribution in [2.75, 3.05) is 12.9 Å².